The largest absolute Gasteiger partial charge is 0.341 e. The molecular formula is C21H25N7OS. The molecule has 30 heavy (non-hydrogen) atoms. The summed E-state index contributed by atoms with van der Waals surface area (Å²) in [6, 6.07) is 5.87. The number of urea groups is 1. The lowest BCUT2D eigenvalue weighted by Crippen LogP contribution is -2.32. The van der Waals surface area contributed by atoms with Crippen LogP contribution in [0, 0.1) is 5.92 Å². The van der Waals surface area contributed by atoms with Gasteiger partial charge in [0, 0.05) is 18.9 Å². The molecular weight excluding hydrogens is 398 g/mol. The number of hydrazone groups is 1. The van der Waals surface area contributed by atoms with Crippen molar-refractivity contribution < 1.29 is 4.79 Å². The second-order valence-electron chi connectivity index (χ2n) is 7.63. The zero-order chi connectivity index (χ0) is 20.9. The van der Waals surface area contributed by atoms with Crippen LogP contribution in [-0.2, 0) is 6.54 Å². The molecule has 2 aromatic heterocycles. The quantitative estimate of drug-likeness (QED) is 0.480. The van der Waals surface area contributed by atoms with Crippen molar-refractivity contribution >= 4 is 38.4 Å². The first-order chi connectivity index (χ1) is 14.6. The van der Waals surface area contributed by atoms with E-state index in [-0.39, 0.29) is 0 Å². The highest BCUT2D eigenvalue weighted by atomic mass is 32.1. The molecule has 0 unspecified atom stereocenters. The maximum atomic E-state index is 12.2. The molecule has 3 heterocycles. The Morgan fingerprint density at radius 3 is 2.90 bits per heavy atom. The Labute approximate surface area is 179 Å². The summed E-state index contributed by atoms with van der Waals surface area (Å²) in [7, 11) is 0. The van der Waals surface area contributed by atoms with Gasteiger partial charge < -0.3 is 0 Å². The van der Waals surface area contributed by atoms with Gasteiger partial charge in [0.15, 0.2) is 5.13 Å². The van der Waals surface area contributed by atoms with Gasteiger partial charge in [-0.25, -0.2) is 15.2 Å². The van der Waals surface area contributed by atoms with E-state index in [0.717, 1.165) is 35.8 Å². The van der Waals surface area contributed by atoms with Crippen LogP contribution < -0.4 is 10.7 Å². The van der Waals surface area contributed by atoms with Crippen LogP contribution in [0.4, 0.5) is 9.93 Å². The van der Waals surface area contributed by atoms with E-state index in [1.165, 1.54) is 29.7 Å². The summed E-state index contributed by atoms with van der Waals surface area (Å²) >= 11 is 1.46. The smallest absolute Gasteiger partial charge is 0.299 e. The minimum absolute atomic E-state index is 0.444. The molecule has 4 rings (SSSR count). The van der Waals surface area contributed by atoms with Crippen LogP contribution in [0.5, 0.6) is 0 Å². The number of thiazole rings is 1. The molecule has 1 aliphatic rings. The van der Waals surface area contributed by atoms with Crippen molar-refractivity contribution in [2.75, 3.05) is 18.4 Å². The number of anilines is 1. The minimum atomic E-state index is -0.444. The topological polar surface area (TPSA) is 95.4 Å². The molecule has 1 saturated heterocycles. The summed E-state index contributed by atoms with van der Waals surface area (Å²) in [6.45, 7) is 7.35. The first-order valence-electron chi connectivity index (χ1n) is 10.1. The van der Waals surface area contributed by atoms with Crippen LogP contribution in [0.3, 0.4) is 0 Å². The van der Waals surface area contributed by atoms with Crippen molar-refractivity contribution in [1.82, 2.24) is 25.3 Å². The summed E-state index contributed by atoms with van der Waals surface area (Å²) in [4.78, 5) is 27.3. The number of hydrogen-bond donors (Lipinski definition) is 2. The number of nitrogens with one attached hydrogen (secondary N) is 2. The van der Waals surface area contributed by atoms with Gasteiger partial charge in [-0.05, 0) is 56.5 Å². The minimum Gasteiger partial charge on any atom is -0.299 e. The van der Waals surface area contributed by atoms with Gasteiger partial charge in [0.2, 0.25) is 0 Å². The van der Waals surface area contributed by atoms with Gasteiger partial charge in [-0.3, -0.25) is 20.2 Å². The predicted molar refractivity (Wildman–Crippen MR) is 120 cm³/mol. The third-order valence-electron chi connectivity index (χ3n) is 5.21. The van der Waals surface area contributed by atoms with E-state index in [1.54, 1.807) is 25.5 Å². The highest BCUT2D eigenvalue weighted by Gasteiger charge is 2.16. The Bertz CT molecular complexity index is 1040. The van der Waals surface area contributed by atoms with Crippen molar-refractivity contribution in [3.63, 3.8) is 0 Å². The van der Waals surface area contributed by atoms with Crippen molar-refractivity contribution in [2.24, 2.45) is 11.0 Å². The van der Waals surface area contributed by atoms with Gasteiger partial charge >= 0.3 is 6.03 Å². The maximum absolute atomic E-state index is 12.2. The molecule has 0 spiro atoms. The van der Waals surface area contributed by atoms with E-state index in [9.17, 15) is 4.79 Å². The third kappa shape index (κ3) is 5.17. The molecule has 1 aromatic carbocycles. The van der Waals surface area contributed by atoms with Crippen LogP contribution in [0.2, 0.25) is 0 Å². The fraction of sp³-hybridized carbons (Fsp3) is 0.381. The Morgan fingerprint density at radius 2 is 2.13 bits per heavy atom. The van der Waals surface area contributed by atoms with E-state index in [2.05, 4.69) is 54.8 Å². The second-order valence-corrected chi connectivity index (χ2v) is 8.66. The number of carbonyl (C=O) groups excluding carboxylic acids is 1. The standard InChI is InChI=1S/C21H25N7OS/c1-14-5-9-28(10-6-14)13-16-3-4-17-19(11-16)30-21(24-17)25-20(29)27-26-15(2)18-12-22-7-8-23-18/h3-4,7-8,11-12,14H,5-6,9-10,13H2,1-2H3,(H2,24,25,27,29)/b26-15+. The molecule has 0 aliphatic carbocycles. The zero-order valence-electron chi connectivity index (χ0n) is 17.1. The number of amides is 2. The van der Waals surface area contributed by atoms with Crippen LogP contribution >= 0.6 is 11.3 Å². The molecule has 3 aromatic rings. The van der Waals surface area contributed by atoms with E-state index >= 15 is 0 Å². The van der Waals surface area contributed by atoms with Crippen LogP contribution in [-0.4, -0.2) is 44.7 Å². The number of likely N-dealkylation sites (tertiary alicyclic amines) is 1. The van der Waals surface area contributed by atoms with Crippen LogP contribution in [0.1, 0.15) is 37.9 Å². The number of piperidine rings is 1. The molecule has 0 saturated carbocycles. The Morgan fingerprint density at radius 1 is 1.30 bits per heavy atom. The van der Waals surface area contributed by atoms with Crippen molar-refractivity contribution in [3.8, 4) is 0 Å². The highest BCUT2D eigenvalue weighted by Crippen LogP contribution is 2.27. The summed E-state index contributed by atoms with van der Waals surface area (Å²) in [5.74, 6) is 0.832. The SMILES string of the molecule is C/C(=N\NC(=O)Nc1nc2ccc(CN3CCC(C)CC3)cc2s1)c1cnccn1. The zero-order valence-corrected chi connectivity index (χ0v) is 17.9. The Balaban J connectivity index is 1.37. The number of fused-ring (bicyclic) bond motifs is 1. The lowest BCUT2D eigenvalue weighted by molar-refractivity contribution is 0.185. The summed E-state index contributed by atoms with van der Waals surface area (Å²) in [6.07, 6.45) is 7.29. The molecule has 2 amide bonds. The number of hydrogen-bond acceptors (Lipinski definition) is 7. The second kappa shape index (κ2) is 9.27. The first-order valence-corrected chi connectivity index (χ1v) is 10.9. The van der Waals surface area contributed by atoms with Crippen molar-refractivity contribution in [2.45, 2.75) is 33.2 Å². The molecule has 2 N–H and O–H groups in total. The van der Waals surface area contributed by atoms with E-state index < -0.39 is 6.03 Å². The molecule has 0 radical (unpaired) electrons. The lowest BCUT2D eigenvalue weighted by Gasteiger charge is -2.30. The van der Waals surface area contributed by atoms with Gasteiger partial charge in [0.1, 0.15) is 5.69 Å². The number of carbonyl (C=O) groups is 1. The van der Waals surface area contributed by atoms with E-state index in [4.69, 9.17) is 0 Å². The first kappa shape index (κ1) is 20.4. The third-order valence-corrected chi connectivity index (χ3v) is 6.15. The number of benzene rings is 1. The summed E-state index contributed by atoms with van der Waals surface area (Å²) in [5, 5.41) is 7.34. The van der Waals surface area contributed by atoms with Gasteiger partial charge in [-0.2, -0.15) is 5.10 Å². The highest BCUT2D eigenvalue weighted by molar-refractivity contribution is 7.22. The monoisotopic (exact) mass is 423 g/mol. The van der Waals surface area contributed by atoms with Crippen molar-refractivity contribution in [1.29, 1.82) is 0 Å². The lowest BCUT2D eigenvalue weighted by atomic mass is 9.99. The number of rotatable bonds is 5. The number of aromatic nitrogens is 3. The Hall–Kier alpha value is -2.91. The molecule has 0 atom stereocenters. The fourth-order valence-corrected chi connectivity index (χ4v) is 4.33. The summed E-state index contributed by atoms with van der Waals surface area (Å²) in [5.41, 5.74) is 5.81. The fourth-order valence-electron chi connectivity index (χ4n) is 3.40. The van der Waals surface area contributed by atoms with Crippen LogP contribution in [0.15, 0.2) is 41.9 Å². The van der Waals surface area contributed by atoms with Gasteiger partial charge in [-0.15, -0.1) is 0 Å². The van der Waals surface area contributed by atoms with Gasteiger partial charge in [-0.1, -0.05) is 24.3 Å². The molecule has 0 bridgehead atoms. The van der Waals surface area contributed by atoms with Crippen LogP contribution in [0.25, 0.3) is 10.2 Å². The predicted octanol–water partition coefficient (Wildman–Crippen LogP) is 3.86. The number of nitrogens with zero attached hydrogens (tertiary/aromatic N) is 5. The Kier molecular flexibility index (Phi) is 6.29. The molecule has 1 aliphatic heterocycles. The van der Waals surface area contributed by atoms with Gasteiger partial charge in [0.25, 0.3) is 0 Å². The normalized spacial score (nSPS) is 16.0. The molecule has 8 nitrogen and oxygen atoms in total. The van der Waals surface area contributed by atoms with E-state index in [0.29, 0.717) is 16.5 Å². The maximum Gasteiger partial charge on any atom is 0.341 e. The molecule has 1 fully saturated rings. The average Bonchev–Trinajstić information content (AvgIpc) is 3.15. The summed E-state index contributed by atoms with van der Waals surface area (Å²) < 4.78 is 1.06. The van der Waals surface area contributed by atoms with Gasteiger partial charge in [0.05, 0.1) is 22.1 Å². The van der Waals surface area contributed by atoms with Crippen molar-refractivity contribution in [3.05, 3.63) is 48.0 Å². The average molecular weight is 424 g/mol. The van der Waals surface area contributed by atoms with E-state index in [1.807, 2.05) is 6.07 Å². The molecule has 9 heteroatoms. The molecule has 156 valence electrons.